The minimum absolute atomic E-state index is 0.257. The third-order valence-electron chi connectivity index (χ3n) is 6.08. The number of aromatic nitrogens is 1. The highest BCUT2D eigenvalue weighted by Gasteiger charge is 2.21. The number of ether oxygens (including phenoxy) is 2. The lowest BCUT2D eigenvalue weighted by Gasteiger charge is -2.34. The molecule has 36 heavy (non-hydrogen) atoms. The molecule has 194 valence electrons. The molecular weight excluding hydrogens is 464 g/mol. The van der Waals surface area contributed by atoms with Crippen molar-refractivity contribution in [1.29, 1.82) is 0 Å². The van der Waals surface area contributed by atoms with Crippen LogP contribution in [0.3, 0.4) is 0 Å². The van der Waals surface area contributed by atoms with E-state index in [-0.39, 0.29) is 18.2 Å². The highest BCUT2D eigenvalue weighted by molar-refractivity contribution is 5.91. The van der Waals surface area contributed by atoms with E-state index >= 15 is 0 Å². The maximum Gasteiger partial charge on any atom is 0.273 e. The lowest BCUT2D eigenvalue weighted by Crippen LogP contribution is -2.48. The van der Waals surface area contributed by atoms with E-state index < -0.39 is 6.10 Å². The van der Waals surface area contributed by atoms with Crippen LogP contribution in [0, 0.1) is 0 Å². The molecule has 10 heteroatoms. The van der Waals surface area contributed by atoms with E-state index in [4.69, 9.17) is 18.3 Å². The summed E-state index contributed by atoms with van der Waals surface area (Å²) in [5.74, 6) is 1.82. The van der Waals surface area contributed by atoms with E-state index in [1.165, 1.54) is 6.26 Å². The monoisotopic (exact) mass is 498 g/mol. The molecule has 1 saturated heterocycles. The Morgan fingerprint density at radius 2 is 1.94 bits per heavy atom. The second kappa shape index (κ2) is 13.2. The van der Waals surface area contributed by atoms with Gasteiger partial charge in [0.1, 0.15) is 24.4 Å². The number of aliphatic hydroxyl groups is 1. The molecule has 2 aromatic heterocycles. The number of rotatable bonds is 13. The van der Waals surface area contributed by atoms with Crippen LogP contribution in [0.25, 0.3) is 0 Å². The zero-order valence-electron chi connectivity index (χ0n) is 20.6. The Morgan fingerprint density at radius 1 is 1.14 bits per heavy atom. The van der Waals surface area contributed by atoms with Gasteiger partial charge in [-0.2, -0.15) is 0 Å². The van der Waals surface area contributed by atoms with Crippen LogP contribution in [0.4, 0.5) is 0 Å². The first-order chi connectivity index (χ1) is 17.6. The lowest BCUT2D eigenvalue weighted by atomic mass is 10.1. The predicted molar refractivity (Wildman–Crippen MR) is 132 cm³/mol. The van der Waals surface area contributed by atoms with Crippen molar-refractivity contribution < 1.29 is 28.2 Å². The summed E-state index contributed by atoms with van der Waals surface area (Å²) in [5.41, 5.74) is 1.32. The third kappa shape index (κ3) is 7.66. The fraction of sp³-hybridized carbons (Fsp3) is 0.462. The van der Waals surface area contributed by atoms with Crippen LogP contribution < -0.4 is 10.1 Å². The standard InChI is InChI=1S/C26H34N4O6/c1-33-24-7-3-2-5-20(24)8-9-27-26(32)23-19-36-25(28-23)16-30-12-10-29(11-13-30)15-21(31)17-34-18-22-6-4-14-35-22/h2-7,14,19,21,31H,8-13,15-18H2,1H3,(H,27,32). The van der Waals surface area contributed by atoms with Crippen molar-refractivity contribution in [3.05, 3.63) is 71.8 Å². The number of furan rings is 1. The number of nitrogens with zero attached hydrogens (tertiary/aromatic N) is 3. The largest absolute Gasteiger partial charge is 0.496 e. The number of hydrogen-bond donors (Lipinski definition) is 2. The summed E-state index contributed by atoms with van der Waals surface area (Å²) in [6.45, 7) is 5.49. The minimum Gasteiger partial charge on any atom is -0.496 e. The maximum absolute atomic E-state index is 12.5. The van der Waals surface area contributed by atoms with Gasteiger partial charge < -0.3 is 28.7 Å². The number of piperazine rings is 1. The Hall–Kier alpha value is -3.18. The Bertz CT molecular complexity index is 1060. The number of para-hydroxylation sites is 1. The van der Waals surface area contributed by atoms with Gasteiger partial charge in [-0.1, -0.05) is 18.2 Å². The van der Waals surface area contributed by atoms with Gasteiger partial charge in [0.15, 0.2) is 5.69 Å². The maximum atomic E-state index is 12.5. The molecule has 1 unspecified atom stereocenters. The normalized spacial score (nSPS) is 15.6. The molecule has 1 aliphatic rings. The number of nitrogens with one attached hydrogen (secondary N) is 1. The minimum atomic E-state index is -0.553. The number of hydrogen-bond acceptors (Lipinski definition) is 9. The first kappa shape index (κ1) is 25.9. The number of β-amino-alcohol motifs (C(OH)–C–C–N with tert-alkyl or cyclic N) is 1. The van der Waals surface area contributed by atoms with Gasteiger partial charge in [0, 0.05) is 39.3 Å². The Kier molecular flexibility index (Phi) is 9.51. The Balaban J connectivity index is 1.13. The summed E-state index contributed by atoms with van der Waals surface area (Å²) in [6, 6.07) is 11.4. The van der Waals surface area contributed by atoms with Gasteiger partial charge in [0.05, 0.1) is 32.6 Å². The van der Waals surface area contributed by atoms with Gasteiger partial charge in [-0.05, 0) is 30.2 Å². The molecular formula is C26H34N4O6. The van der Waals surface area contributed by atoms with E-state index in [1.807, 2.05) is 36.4 Å². The van der Waals surface area contributed by atoms with E-state index in [1.54, 1.807) is 13.4 Å². The van der Waals surface area contributed by atoms with Crippen LogP contribution in [-0.2, 0) is 24.3 Å². The number of methoxy groups -OCH3 is 1. The van der Waals surface area contributed by atoms with Crippen molar-refractivity contribution in [2.75, 3.05) is 53.0 Å². The van der Waals surface area contributed by atoms with E-state index in [0.717, 1.165) is 43.3 Å². The molecule has 0 saturated carbocycles. The molecule has 4 rings (SSSR count). The second-order valence-electron chi connectivity index (χ2n) is 8.77. The van der Waals surface area contributed by atoms with Crippen LogP contribution in [0.1, 0.15) is 27.7 Å². The fourth-order valence-corrected chi connectivity index (χ4v) is 4.16. The molecule has 0 spiro atoms. The molecule has 1 fully saturated rings. The van der Waals surface area contributed by atoms with Gasteiger partial charge in [-0.3, -0.25) is 14.6 Å². The number of benzene rings is 1. The van der Waals surface area contributed by atoms with Crippen LogP contribution >= 0.6 is 0 Å². The molecule has 2 N–H and O–H groups in total. The second-order valence-corrected chi connectivity index (χ2v) is 8.77. The van der Waals surface area contributed by atoms with Crippen LogP contribution in [-0.4, -0.2) is 84.9 Å². The highest BCUT2D eigenvalue weighted by Crippen LogP contribution is 2.17. The van der Waals surface area contributed by atoms with Crippen LogP contribution in [0.15, 0.2) is 57.8 Å². The summed E-state index contributed by atoms with van der Waals surface area (Å²) < 4.78 is 21.6. The van der Waals surface area contributed by atoms with Gasteiger partial charge in [0.25, 0.3) is 5.91 Å². The summed E-state index contributed by atoms with van der Waals surface area (Å²) in [5, 5.41) is 13.1. The van der Waals surface area contributed by atoms with Crippen molar-refractivity contribution in [3.8, 4) is 5.75 Å². The first-order valence-electron chi connectivity index (χ1n) is 12.2. The predicted octanol–water partition coefficient (Wildman–Crippen LogP) is 1.94. The molecule has 3 heterocycles. The molecule has 3 aromatic rings. The average Bonchev–Trinajstić information content (AvgIpc) is 3.58. The SMILES string of the molecule is COc1ccccc1CCNC(=O)c1coc(CN2CCN(CC(O)COCc3ccco3)CC2)n1. The summed E-state index contributed by atoms with van der Waals surface area (Å²) >= 11 is 0. The van der Waals surface area contributed by atoms with Gasteiger partial charge in [-0.25, -0.2) is 4.98 Å². The molecule has 0 radical (unpaired) electrons. The molecule has 1 aliphatic heterocycles. The smallest absolute Gasteiger partial charge is 0.273 e. The van der Waals surface area contributed by atoms with Crippen LogP contribution in [0.2, 0.25) is 0 Å². The van der Waals surface area contributed by atoms with Gasteiger partial charge in [-0.15, -0.1) is 0 Å². The number of amides is 1. The number of aliphatic hydroxyl groups excluding tert-OH is 1. The molecule has 0 aliphatic carbocycles. The summed E-state index contributed by atoms with van der Waals surface area (Å²) in [4.78, 5) is 21.3. The molecule has 1 aromatic carbocycles. The first-order valence-corrected chi connectivity index (χ1v) is 12.2. The van der Waals surface area contributed by atoms with Crippen LogP contribution in [0.5, 0.6) is 5.75 Å². The fourth-order valence-electron chi connectivity index (χ4n) is 4.16. The van der Waals surface area contributed by atoms with Crippen molar-refractivity contribution in [3.63, 3.8) is 0 Å². The summed E-state index contributed by atoms with van der Waals surface area (Å²) in [7, 11) is 1.64. The number of carbonyl (C=O) groups is 1. The molecule has 1 amide bonds. The Morgan fingerprint density at radius 3 is 2.72 bits per heavy atom. The highest BCUT2D eigenvalue weighted by atomic mass is 16.5. The summed E-state index contributed by atoms with van der Waals surface area (Å²) in [6.07, 6.45) is 3.12. The van der Waals surface area contributed by atoms with Crippen molar-refractivity contribution in [1.82, 2.24) is 20.1 Å². The zero-order valence-corrected chi connectivity index (χ0v) is 20.6. The van der Waals surface area contributed by atoms with E-state index in [9.17, 15) is 9.90 Å². The molecule has 10 nitrogen and oxygen atoms in total. The van der Waals surface area contributed by atoms with Crippen molar-refractivity contribution in [2.45, 2.75) is 25.7 Å². The lowest BCUT2D eigenvalue weighted by molar-refractivity contribution is -0.00353. The van der Waals surface area contributed by atoms with Gasteiger partial charge >= 0.3 is 0 Å². The Labute approximate surface area is 210 Å². The number of carbonyl (C=O) groups excluding carboxylic acids is 1. The molecule has 1 atom stereocenters. The average molecular weight is 499 g/mol. The molecule has 0 bridgehead atoms. The van der Waals surface area contributed by atoms with Crippen molar-refractivity contribution >= 4 is 5.91 Å². The quantitative estimate of drug-likeness (QED) is 0.365. The topological polar surface area (TPSA) is 113 Å². The zero-order chi connectivity index (χ0) is 25.2. The number of oxazole rings is 1. The third-order valence-corrected chi connectivity index (χ3v) is 6.08. The van der Waals surface area contributed by atoms with Crippen molar-refractivity contribution in [2.24, 2.45) is 0 Å². The van der Waals surface area contributed by atoms with Gasteiger partial charge in [0.2, 0.25) is 5.89 Å². The van der Waals surface area contributed by atoms with E-state index in [2.05, 4.69) is 20.1 Å². The van der Waals surface area contributed by atoms with E-state index in [0.29, 0.717) is 38.6 Å².